The number of rotatable bonds is 7. The van der Waals surface area contributed by atoms with Gasteiger partial charge in [0.25, 0.3) is 0 Å². The highest BCUT2D eigenvalue weighted by Crippen LogP contribution is 2.47. The van der Waals surface area contributed by atoms with Crippen molar-refractivity contribution in [1.29, 1.82) is 10.5 Å². The number of anilines is 2. The van der Waals surface area contributed by atoms with Crippen LogP contribution in [-0.2, 0) is 18.4 Å². The highest BCUT2D eigenvalue weighted by atomic mass is 31.2. The van der Waals surface area contributed by atoms with Gasteiger partial charge >= 0.3 is 13.0 Å². The Morgan fingerprint density at radius 3 is 1.88 bits per heavy atom. The van der Waals surface area contributed by atoms with E-state index in [1.54, 1.807) is 0 Å². The summed E-state index contributed by atoms with van der Waals surface area (Å²) in [7, 11) is -1.51. The number of hydrogen-bond acceptors (Lipinski definition) is 13. The van der Waals surface area contributed by atoms with E-state index in [1.165, 1.54) is 18.3 Å². The van der Waals surface area contributed by atoms with Gasteiger partial charge in [-0.05, 0) is 37.8 Å². The van der Waals surface area contributed by atoms with Gasteiger partial charge in [0, 0.05) is 78.5 Å². The van der Waals surface area contributed by atoms with Gasteiger partial charge in [-0.25, -0.2) is 23.3 Å². The van der Waals surface area contributed by atoms with E-state index in [0.717, 1.165) is 92.3 Å². The first-order valence-corrected chi connectivity index (χ1v) is 18.2. The van der Waals surface area contributed by atoms with Crippen LogP contribution < -0.4 is 9.80 Å². The van der Waals surface area contributed by atoms with Crippen LogP contribution in [0.2, 0.25) is 0 Å². The molecular formula is C34H41F2N10O5P. The molecule has 52 heavy (non-hydrogen) atoms. The molecule has 2 aromatic heterocycles. The first-order chi connectivity index (χ1) is 25.0. The van der Waals surface area contributed by atoms with Gasteiger partial charge in [-0.1, -0.05) is 5.92 Å². The molecule has 1 unspecified atom stereocenters. The molecule has 2 aromatic rings. The summed E-state index contributed by atoms with van der Waals surface area (Å²) in [5, 5.41) is 27.6. The van der Waals surface area contributed by atoms with Crippen molar-refractivity contribution in [2.45, 2.75) is 56.8 Å². The molecule has 6 heterocycles. The summed E-state index contributed by atoms with van der Waals surface area (Å²) in [6, 6.07) is 7.81. The van der Waals surface area contributed by atoms with Crippen molar-refractivity contribution < 1.29 is 37.1 Å². The van der Waals surface area contributed by atoms with Crippen molar-refractivity contribution >= 4 is 30.5 Å². The van der Waals surface area contributed by atoms with Crippen molar-refractivity contribution in [2.24, 2.45) is 0 Å². The second-order valence-electron chi connectivity index (χ2n) is 12.5. The Kier molecular flexibility index (Phi) is 14.1. The Morgan fingerprint density at radius 1 is 0.962 bits per heavy atom. The summed E-state index contributed by atoms with van der Waals surface area (Å²) in [6.45, 7) is 6.11. The average Bonchev–Trinajstić information content (AvgIpc) is 3.78. The zero-order valence-corrected chi connectivity index (χ0v) is 30.1. The Bertz CT molecular complexity index is 1830. The number of carbonyl (C=O) groups excluding carboxylic acids is 1. The maximum Gasteiger partial charge on any atom is 0.446 e. The van der Waals surface area contributed by atoms with Crippen LogP contribution in [0.5, 0.6) is 0 Å². The van der Waals surface area contributed by atoms with E-state index in [-0.39, 0.29) is 24.3 Å². The fourth-order valence-corrected chi connectivity index (χ4v) is 8.06. The van der Waals surface area contributed by atoms with Gasteiger partial charge in [-0.3, -0.25) is 14.6 Å². The highest BCUT2D eigenvalue weighted by molar-refractivity contribution is 7.74. The number of aromatic nitrogens is 2. The lowest BCUT2D eigenvalue weighted by Gasteiger charge is -2.40. The molecule has 18 heteroatoms. The average molecular weight is 739 g/mol. The van der Waals surface area contributed by atoms with Crippen LogP contribution in [-0.4, -0.2) is 125 Å². The van der Waals surface area contributed by atoms with Crippen molar-refractivity contribution in [3.8, 4) is 24.5 Å². The van der Waals surface area contributed by atoms with E-state index in [0.29, 0.717) is 29.3 Å². The van der Waals surface area contributed by atoms with E-state index in [4.69, 9.17) is 22.5 Å². The number of Topliss-reactive ketones (excluding diaryl/α,β-unsaturated/α-hetero) is 1. The molecule has 0 spiro atoms. The van der Waals surface area contributed by atoms with Gasteiger partial charge in [0.15, 0.2) is 0 Å². The first kappa shape index (κ1) is 40.2. The van der Waals surface area contributed by atoms with E-state index in [2.05, 4.69) is 49.3 Å². The van der Waals surface area contributed by atoms with Gasteiger partial charge in [-0.2, -0.15) is 15.3 Å². The quantitative estimate of drug-likeness (QED) is 0.143. The molecule has 0 aliphatic carbocycles. The minimum atomic E-state index is -3.70. The molecule has 4 atom stereocenters. The molecule has 0 bridgehead atoms. The summed E-state index contributed by atoms with van der Waals surface area (Å²) in [6.07, 6.45) is 12.0. The molecule has 0 saturated carbocycles. The van der Waals surface area contributed by atoms with Gasteiger partial charge in [0.1, 0.15) is 35.4 Å². The molecule has 4 saturated heterocycles. The van der Waals surface area contributed by atoms with Crippen LogP contribution in [0.25, 0.3) is 5.53 Å². The molecule has 15 nitrogen and oxygen atoms in total. The largest absolute Gasteiger partial charge is 0.446 e. The number of piperazine rings is 2. The monoisotopic (exact) mass is 738 g/mol. The number of nitrogens with zero attached hydrogens (tertiary/aromatic N) is 10. The SMILES string of the molecule is C#CC1CC[C@H]2CN(c3ncc(F)cc3C#N)CCN12.COP(=O)(OC)C(=[N+]=[N-])C(C)=O.N#Cc1cc(F)cnc1N1CCN2[C@@H](CO)CC[C@H]2C1. The van der Waals surface area contributed by atoms with E-state index in [9.17, 15) is 23.2 Å². The topological polar surface area (TPSA) is 196 Å². The third-order valence-electron chi connectivity index (χ3n) is 9.59. The molecule has 4 aliphatic rings. The first-order valence-electron chi connectivity index (χ1n) is 16.6. The Balaban J connectivity index is 0.000000181. The highest BCUT2D eigenvalue weighted by Gasteiger charge is 2.42. The van der Waals surface area contributed by atoms with Crippen LogP contribution in [0.4, 0.5) is 20.4 Å². The van der Waals surface area contributed by atoms with Crippen LogP contribution >= 0.6 is 7.60 Å². The van der Waals surface area contributed by atoms with E-state index < -0.39 is 30.5 Å². The van der Waals surface area contributed by atoms with Crippen molar-refractivity contribution in [2.75, 3.05) is 69.9 Å². The number of pyridine rings is 2. The number of carbonyl (C=O) groups is 1. The minimum Gasteiger partial charge on any atom is -0.395 e. The van der Waals surface area contributed by atoms with Crippen molar-refractivity contribution in [3.05, 3.63) is 52.8 Å². The second kappa shape index (κ2) is 18.2. The molecule has 0 aromatic carbocycles. The lowest BCUT2D eigenvalue weighted by Crippen LogP contribution is -2.53. The van der Waals surface area contributed by atoms with Crippen LogP contribution in [0.15, 0.2) is 24.5 Å². The van der Waals surface area contributed by atoms with Gasteiger partial charge < -0.3 is 29.5 Å². The Morgan fingerprint density at radius 2 is 1.46 bits per heavy atom. The van der Waals surface area contributed by atoms with Crippen LogP contribution in [0.1, 0.15) is 43.7 Å². The second-order valence-corrected chi connectivity index (χ2v) is 14.6. The van der Waals surface area contributed by atoms with Crippen molar-refractivity contribution in [1.82, 2.24) is 19.8 Å². The zero-order valence-electron chi connectivity index (χ0n) is 29.2. The summed E-state index contributed by atoms with van der Waals surface area (Å²) in [5.74, 6) is 2.37. The molecule has 6 rings (SSSR count). The van der Waals surface area contributed by atoms with Gasteiger partial charge in [0.05, 0.1) is 36.2 Å². The van der Waals surface area contributed by atoms with E-state index in [1.807, 2.05) is 12.1 Å². The molecule has 4 fully saturated rings. The molecule has 276 valence electrons. The van der Waals surface area contributed by atoms with Gasteiger partial charge in [0.2, 0.25) is 5.78 Å². The summed E-state index contributed by atoms with van der Waals surface area (Å²) < 4.78 is 46.5. The van der Waals surface area contributed by atoms with Crippen LogP contribution in [0.3, 0.4) is 0 Å². The molecule has 1 N–H and O–H groups in total. The normalized spacial score (nSPS) is 22.5. The fraction of sp³-hybridized carbons (Fsp3) is 0.529. The molecular weight excluding hydrogens is 697 g/mol. The summed E-state index contributed by atoms with van der Waals surface area (Å²) >= 11 is 0. The number of terminal acetylenes is 1. The predicted molar refractivity (Wildman–Crippen MR) is 186 cm³/mol. The molecule has 4 aliphatic heterocycles. The van der Waals surface area contributed by atoms with Gasteiger partial charge in [-0.15, -0.1) is 6.42 Å². The molecule has 0 radical (unpaired) electrons. The lowest BCUT2D eigenvalue weighted by molar-refractivity contribution is -0.114. The predicted octanol–water partition coefficient (Wildman–Crippen LogP) is 2.81. The maximum atomic E-state index is 13.2. The number of hydrogen-bond donors (Lipinski definition) is 1. The fourth-order valence-electron chi connectivity index (χ4n) is 7.07. The summed E-state index contributed by atoms with van der Waals surface area (Å²) in [5.41, 5.74) is 8.31. The number of aliphatic hydroxyl groups excluding tert-OH is 1. The number of nitriles is 2. The number of halogens is 2. The lowest BCUT2D eigenvalue weighted by atomic mass is 10.1. The summed E-state index contributed by atoms with van der Waals surface area (Å²) in [4.78, 5) is 30.3. The number of fused-ring (bicyclic) bond motifs is 2. The maximum absolute atomic E-state index is 13.2. The number of ketones is 1. The van der Waals surface area contributed by atoms with Crippen LogP contribution in [0, 0.1) is 46.6 Å². The zero-order chi connectivity index (χ0) is 38.0. The standard InChI is InChI=1S/C15H15FN4.C14H17FN4O.C5H9N2O4P/c1-2-13-3-4-14-10-19(5-6-20(13)14)15-11(8-17)7-12(16)9-18-15;15-11-5-10(6-16)14(17-7-11)18-3-4-19-12(8-18)1-2-13(19)9-20;1-4(8)5(7-6)12(9,10-2)11-3/h1,7,9,13-14H,3-6,10H2;5,7,12-13,20H,1-4,8-9H2;1-3H3/t13?,14-;12-,13+;/m00./s1. The Labute approximate surface area is 301 Å². The van der Waals surface area contributed by atoms with Crippen molar-refractivity contribution in [3.63, 3.8) is 0 Å². The smallest absolute Gasteiger partial charge is 0.395 e. The Hall–Kier alpha value is -4.62. The third-order valence-corrected chi connectivity index (χ3v) is 11.5. The number of aliphatic hydroxyl groups is 1. The minimum absolute atomic E-state index is 0.203. The third kappa shape index (κ3) is 9.05. The van der Waals surface area contributed by atoms with E-state index >= 15 is 0 Å². The molecule has 0 amide bonds.